The normalized spacial score (nSPS) is 28.1. The van der Waals surface area contributed by atoms with Crippen molar-refractivity contribution in [2.45, 2.75) is 31.6 Å². The van der Waals surface area contributed by atoms with Gasteiger partial charge in [-0.05, 0) is 30.7 Å². The Morgan fingerprint density at radius 3 is 2.67 bits per heavy atom. The van der Waals surface area contributed by atoms with Crippen LogP contribution in [0.4, 0.5) is 10.1 Å². The van der Waals surface area contributed by atoms with Gasteiger partial charge in [-0.25, -0.2) is 12.8 Å². The summed E-state index contributed by atoms with van der Waals surface area (Å²) < 4.78 is 37.1. The zero-order valence-corrected chi connectivity index (χ0v) is 15.1. The molecule has 0 spiro atoms. The van der Waals surface area contributed by atoms with Crippen LogP contribution in [0.3, 0.4) is 0 Å². The van der Waals surface area contributed by atoms with E-state index in [2.05, 4.69) is 4.99 Å². The third-order valence-electron chi connectivity index (χ3n) is 4.41. The maximum absolute atomic E-state index is 13.2. The van der Waals surface area contributed by atoms with E-state index < -0.39 is 9.84 Å². The van der Waals surface area contributed by atoms with Crippen LogP contribution in [0.15, 0.2) is 29.3 Å². The molecule has 8 heteroatoms. The monoisotopic (exact) mass is 370 g/mol. The van der Waals surface area contributed by atoms with Gasteiger partial charge < -0.3 is 4.90 Å². The van der Waals surface area contributed by atoms with E-state index in [-0.39, 0.29) is 40.4 Å². The summed E-state index contributed by atoms with van der Waals surface area (Å²) in [7, 11) is -3.10. The lowest BCUT2D eigenvalue weighted by Crippen LogP contribution is -2.37. The fourth-order valence-corrected chi connectivity index (χ4v) is 6.77. The van der Waals surface area contributed by atoms with Gasteiger partial charge in [0.15, 0.2) is 15.0 Å². The summed E-state index contributed by atoms with van der Waals surface area (Å²) in [6.45, 7) is 3.74. The van der Waals surface area contributed by atoms with Gasteiger partial charge in [-0.3, -0.25) is 4.79 Å². The van der Waals surface area contributed by atoms with Gasteiger partial charge in [0, 0.05) is 16.9 Å². The van der Waals surface area contributed by atoms with Crippen molar-refractivity contribution < 1.29 is 17.6 Å². The van der Waals surface area contributed by atoms with Gasteiger partial charge in [0.2, 0.25) is 0 Å². The Kier molecular flexibility index (Phi) is 4.70. The van der Waals surface area contributed by atoms with E-state index in [1.165, 1.54) is 23.9 Å². The molecule has 3 atom stereocenters. The van der Waals surface area contributed by atoms with Crippen molar-refractivity contribution in [3.8, 4) is 0 Å². The summed E-state index contributed by atoms with van der Waals surface area (Å²) >= 11 is 1.33. The molecule has 24 heavy (non-hydrogen) atoms. The van der Waals surface area contributed by atoms with Gasteiger partial charge in [0.1, 0.15) is 5.82 Å². The first-order valence-corrected chi connectivity index (χ1v) is 10.5. The van der Waals surface area contributed by atoms with Crippen LogP contribution in [0.2, 0.25) is 0 Å². The summed E-state index contributed by atoms with van der Waals surface area (Å²) in [5, 5.41) is 0.361. The Morgan fingerprint density at radius 1 is 1.38 bits per heavy atom. The number of amidine groups is 1. The summed E-state index contributed by atoms with van der Waals surface area (Å²) in [6.07, 6.45) is 0.693. The zero-order chi connectivity index (χ0) is 17.5. The zero-order valence-electron chi connectivity index (χ0n) is 13.5. The Labute approximate surface area is 145 Å². The Morgan fingerprint density at radius 2 is 2.04 bits per heavy atom. The Balaban J connectivity index is 1.98. The van der Waals surface area contributed by atoms with Gasteiger partial charge in [-0.2, -0.15) is 4.99 Å². The van der Waals surface area contributed by atoms with Crippen LogP contribution in [0, 0.1) is 11.7 Å². The summed E-state index contributed by atoms with van der Waals surface area (Å²) in [5.74, 6) is -0.655. The van der Waals surface area contributed by atoms with E-state index in [1.807, 2.05) is 13.8 Å². The highest BCUT2D eigenvalue weighted by atomic mass is 32.2. The molecule has 0 unspecified atom stereocenters. The van der Waals surface area contributed by atoms with Crippen LogP contribution < -0.4 is 4.90 Å². The minimum atomic E-state index is -3.10. The topological polar surface area (TPSA) is 66.8 Å². The molecule has 2 saturated heterocycles. The number of amides is 1. The second kappa shape index (κ2) is 6.48. The molecule has 5 nitrogen and oxygen atoms in total. The molecular weight excluding hydrogens is 351 g/mol. The molecule has 2 aliphatic rings. The number of sulfone groups is 1. The van der Waals surface area contributed by atoms with Crippen LogP contribution in [0.5, 0.6) is 0 Å². The lowest BCUT2D eigenvalue weighted by Gasteiger charge is -2.24. The van der Waals surface area contributed by atoms with E-state index in [0.29, 0.717) is 17.3 Å². The second-order valence-electron chi connectivity index (χ2n) is 6.19. The molecule has 0 radical (unpaired) electrons. The third kappa shape index (κ3) is 3.35. The summed E-state index contributed by atoms with van der Waals surface area (Å²) in [6, 6.07) is 5.56. The molecule has 2 heterocycles. The molecular formula is C16H19FN2O3S2. The summed E-state index contributed by atoms with van der Waals surface area (Å²) in [5.41, 5.74) is 0.657. The van der Waals surface area contributed by atoms with Crippen LogP contribution in [-0.2, 0) is 14.6 Å². The predicted molar refractivity (Wildman–Crippen MR) is 94.6 cm³/mol. The number of fused-ring (bicyclic) bond motifs is 1. The quantitative estimate of drug-likeness (QED) is 0.818. The molecule has 0 saturated carbocycles. The molecule has 2 fully saturated rings. The average molecular weight is 370 g/mol. The van der Waals surface area contributed by atoms with Crippen LogP contribution >= 0.6 is 11.8 Å². The van der Waals surface area contributed by atoms with Crippen LogP contribution in [0.1, 0.15) is 20.3 Å². The van der Waals surface area contributed by atoms with Crippen molar-refractivity contribution in [2.24, 2.45) is 10.9 Å². The standard InChI is InChI=1S/C16H19FN2O3S2/c1-3-10(2)15(20)18-16-19(12-6-4-11(17)5-7-12)13-8-24(21,22)9-14(13)23-16/h4-7,10,13-14H,3,8-9H2,1-2H3/t10-,13+,14+/m1/s1. The molecule has 2 aliphatic heterocycles. The minimum Gasteiger partial charge on any atom is -0.316 e. The van der Waals surface area contributed by atoms with Crippen molar-refractivity contribution in [1.29, 1.82) is 0 Å². The van der Waals surface area contributed by atoms with Gasteiger partial charge in [0.25, 0.3) is 5.91 Å². The van der Waals surface area contributed by atoms with Gasteiger partial charge >= 0.3 is 0 Å². The third-order valence-corrected chi connectivity index (χ3v) is 7.62. The maximum Gasteiger partial charge on any atom is 0.250 e. The molecule has 0 aliphatic carbocycles. The molecule has 0 aromatic heterocycles. The van der Waals surface area contributed by atoms with Gasteiger partial charge in [-0.1, -0.05) is 25.6 Å². The Bertz CT molecular complexity index is 777. The smallest absolute Gasteiger partial charge is 0.250 e. The van der Waals surface area contributed by atoms with Crippen LogP contribution in [0.25, 0.3) is 0 Å². The van der Waals surface area contributed by atoms with Crippen LogP contribution in [-0.4, -0.2) is 42.3 Å². The first-order chi connectivity index (χ1) is 11.3. The van der Waals surface area contributed by atoms with E-state index in [4.69, 9.17) is 0 Å². The van der Waals surface area contributed by atoms with Crippen molar-refractivity contribution in [1.82, 2.24) is 0 Å². The van der Waals surface area contributed by atoms with E-state index >= 15 is 0 Å². The number of rotatable bonds is 3. The fourth-order valence-electron chi connectivity index (χ4n) is 2.85. The average Bonchev–Trinajstić information content (AvgIpc) is 2.98. The SMILES string of the molecule is CC[C@@H](C)C(=O)N=C1S[C@H]2CS(=O)(=O)C[C@@H]2N1c1ccc(F)cc1. The highest BCUT2D eigenvalue weighted by Crippen LogP contribution is 2.41. The molecule has 0 bridgehead atoms. The van der Waals surface area contributed by atoms with E-state index in [0.717, 1.165) is 0 Å². The number of nitrogens with zero attached hydrogens (tertiary/aromatic N) is 2. The summed E-state index contributed by atoms with van der Waals surface area (Å²) in [4.78, 5) is 18.2. The van der Waals surface area contributed by atoms with Crippen molar-refractivity contribution in [2.75, 3.05) is 16.4 Å². The lowest BCUT2D eigenvalue weighted by molar-refractivity contribution is -0.121. The largest absolute Gasteiger partial charge is 0.316 e. The predicted octanol–water partition coefficient (Wildman–Crippen LogP) is 2.47. The second-order valence-corrected chi connectivity index (χ2v) is 9.55. The number of thioether (sulfide) groups is 1. The highest BCUT2D eigenvalue weighted by Gasteiger charge is 2.49. The minimum absolute atomic E-state index is 0.0264. The van der Waals surface area contributed by atoms with E-state index in [9.17, 15) is 17.6 Å². The van der Waals surface area contributed by atoms with Crippen molar-refractivity contribution in [3.63, 3.8) is 0 Å². The number of halogens is 1. The number of hydrogen-bond acceptors (Lipinski definition) is 4. The lowest BCUT2D eigenvalue weighted by atomic mass is 10.1. The molecule has 0 N–H and O–H groups in total. The molecule has 1 aromatic carbocycles. The molecule has 130 valence electrons. The van der Waals surface area contributed by atoms with Gasteiger partial charge in [0.05, 0.1) is 17.5 Å². The van der Waals surface area contributed by atoms with Crippen molar-refractivity contribution in [3.05, 3.63) is 30.1 Å². The number of aliphatic imine (C=N–C) groups is 1. The number of carbonyl (C=O) groups is 1. The molecule has 1 aromatic rings. The highest BCUT2D eigenvalue weighted by molar-refractivity contribution is 8.16. The number of anilines is 1. The number of benzene rings is 1. The number of carbonyl (C=O) groups excluding carboxylic acids is 1. The van der Waals surface area contributed by atoms with E-state index in [1.54, 1.807) is 17.0 Å². The molecule has 1 amide bonds. The van der Waals surface area contributed by atoms with Crippen molar-refractivity contribution >= 4 is 38.4 Å². The maximum atomic E-state index is 13.2. The molecule has 3 rings (SSSR count). The van der Waals surface area contributed by atoms with Gasteiger partial charge in [-0.15, -0.1) is 0 Å². The fraction of sp³-hybridized carbons (Fsp3) is 0.500. The Hall–Kier alpha value is -1.41. The first-order valence-electron chi connectivity index (χ1n) is 7.85. The number of hydrogen-bond donors (Lipinski definition) is 0. The first kappa shape index (κ1) is 17.4.